The van der Waals surface area contributed by atoms with Gasteiger partial charge in [-0.15, -0.1) is 0 Å². The van der Waals surface area contributed by atoms with Crippen molar-refractivity contribution in [2.45, 2.75) is 26.0 Å². The number of pyridine rings is 2. The summed E-state index contributed by atoms with van der Waals surface area (Å²) in [6.07, 6.45) is 3.51. The average Bonchev–Trinajstić information content (AvgIpc) is 3.53. The van der Waals surface area contributed by atoms with Gasteiger partial charge < -0.3 is 10.2 Å². The molecular formula is C23H19FN8O. The summed E-state index contributed by atoms with van der Waals surface area (Å²) in [4.78, 5) is 14.0. The number of aromatic nitrogens is 6. The lowest BCUT2D eigenvalue weighted by Crippen LogP contribution is -2.18. The van der Waals surface area contributed by atoms with Gasteiger partial charge in [-0.05, 0) is 49.4 Å². The van der Waals surface area contributed by atoms with E-state index >= 15 is 0 Å². The number of hydrogen-bond acceptors (Lipinski definition) is 7. The Hall–Kier alpha value is -4.34. The number of oxime groups is 1. The third-order valence-corrected chi connectivity index (χ3v) is 5.66. The van der Waals surface area contributed by atoms with Gasteiger partial charge in [0.15, 0.2) is 17.7 Å². The lowest BCUT2D eigenvalue weighted by Gasteiger charge is -2.10. The van der Waals surface area contributed by atoms with Crippen molar-refractivity contribution in [1.82, 2.24) is 29.9 Å². The van der Waals surface area contributed by atoms with Crippen molar-refractivity contribution in [3.63, 3.8) is 0 Å². The van der Waals surface area contributed by atoms with Crippen LogP contribution in [0.1, 0.15) is 17.8 Å². The molecule has 4 aromatic heterocycles. The van der Waals surface area contributed by atoms with Gasteiger partial charge in [0.2, 0.25) is 0 Å². The number of benzene rings is 1. The van der Waals surface area contributed by atoms with Crippen LogP contribution in [0.3, 0.4) is 0 Å². The quantitative estimate of drug-likeness (QED) is 0.425. The van der Waals surface area contributed by atoms with Crippen molar-refractivity contribution >= 4 is 39.2 Å². The van der Waals surface area contributed by atoms with Crippen molar-refractivity contribution < 1.29 is 9.23 Å². The number of nitrogens with one attached hydrogen (secondary N) is 2. The zero-order valence-corrected chi connectivity index (χ0v) is 17.7. The standard InChI is InChI=1S/C23H19FN8O/c1-13-16-10-14(27-23-22-18(28-29-23)5-3-9-26-22)6-7-20(16)32(30-13)12-15-11-19(31-33-15)21-17(24)4-2-8-25-21/h2-10,15H,11-12H2,1H3,(H2,27,28,29). The van der Waals surface area contributed by atoms with Crippen molar-refractivity contribution in [3.05, 3.63) is 72.1 Å². The molecule has 0 spiro atoms. The Labute approximate surface area is 187 Å². The topological polar surface area (TPSA) is 106 Å². The maximum atomic E-state index is 14.0. The molecular weight excluding hydrogens is 423 g/mol. The number of halogens is 1. The molecule has 0 radical (unpaired) electrons. The predicted octanol–water partition coefficient (Wildman–Crippen LogP) is 4.09. The summed E-state index contributed by atoms with van der Waals surface area (Å²) in [5.41, 5.74) is 5.16. The molecule has 1 aliphatic rings. The Morgan fingerprint density at radius 2 is 2.06 bits per heavy atom. The number of hydrogen-bond donors (Lipinski definition) is 2. The summed E-state index contributed by atoms with van der Waals surface area (Å²) < 4.78 is 15.9. The van der Waals surface area contributed by atoms with Gasteiger partial charge in [0.1, 0.15) is 16.9 Å². The molecule has 1 atom stereocenters. The van der Waals surface area contributed by atoms with Crippen molar-refractivity contribution in [2.75, 3.05) is 5.32 Å². The van der Waals surface area contributed by atoms with Crippen LogP contribution in [0.5, 0.6) is 0 Å². The summed E-state index contributed by atoms with van der Waals surface area (Å²) in [6, 6.07) is 12.7. The Balaban J connectivity index is 1.22. The van der Waals surface area contributed by atoms with E-state index in [4.69, 9.17) is 9.94 Å². The molecule has 9 nitrogen and oxygen atoms in total. The molecule has 0 amide bonds. The fourth-order valence-electron chi connectivity index (χ4n) is 4.09. The molecule has 6 rings (SSSR count). The van der Waals surface area contributed by atoms with Crippen LogP contribution in [-0.4, -0.2) is 41.8 Å². The SMILES string of the molecule is Cc1nn(CC2CC(c3ncccc3F)=NO2)c2ccc(Nc3n[nH]c4cccnc34)cc12. The molecule has 2 N–H and O–H groups in total. The normalized spacial score (nSPS) is 15.7. The van der Waals surface area contributed by atoms with Crippen LogP contribution in [-0.2, 0) is 11.4 Å². The predicted molar refractivity (Wildman–Crippen MR) is 122 cm³/mol. The molecule has 1 unspecified atom stereocenters. The van der Waals surface area contributed by atoms with Gasteiger partial charge in [-0.25, -0.2) is 4.39 Å². The van der Waals surface area contributed by atoms with Gasteiger partial charge in [-0.3, -0.25) is 19.7 Å². The number of fused-ring (bicyclic) bond motifs is 2. The highest BCUT2D eigenvalue weighted by atomic mass is 19.1. The molecule has 164 valence electrons. The number of anilines is 2. The third-order valence-electron chi connectivity index (χ3n) is 5.66. The van der Waals surface area contributed by atoms with E-state index < -0.39 is 5.82 Å². The first-order valence-corrected chi connectivity index (χ1v) is 10.5. The highest BCUT2D eigenvalue weighted by Crippen LogP contribution is 2.28. The zero-order valence-electron chi connectivity index (χ0n) is 17.7. The summed E-state index contributed by atoms with van der Waals surface area (Å²) in [6.45, 7) is 2.46. The molecule has 1 aliphatic heterocycles. The highest BCUT2D eigenvalue weighted by molar-refractivity contribution is 5.99. The second-order valence-corrected chi connectivity index (χ2v) is 7.90. The Morgan fingerprint density at radius 3 is 2.97 bits per heavy atom. The van der Waals surface area contributed by atoms with Crippen LogP contribution < -0.4 is 5.32 Å². The smallest absolute Gasteiger partial charge is 0.178 e. The maximum absolute atomic E-state index is 14.0. The van der Waals surface area contributed by atoms with E-state index in [0.717, 1.165) is 33.3 Å². The van der Waals surface area contributed by atoms with E-state index in [0.29, 0.717) is 24.5 Å². The molecule has 0 fully saturated rings. The molecule has 0 saturated heterocycles. The van der Waals surface area contributed by atoms with E-state index in [9.17, 15) is 4.39 Å². The second kappa shape index (κ2) is 7.66. The van der Waals surface area contributed by atoms with Crippen LogP contribution in [0, 0.1) is 12.7 Å². The largest absolute Gasteiger partial charge is 0.390 e. The van der Waals surface area contributed by atoms with Gasteiger partial charge in [0.25, 0.3) is 0 Å². The monoisotopic (exact) mass is 442 g/mol. The summed E-state index contributed by atoms with van der Waals surface area (Å²) in [5, 5.41) is 20.4. The van der Waals surface area contributed by atoms with E-state index in [1.54, 1.807) is 18.5 Å². The van der Waals surface area contributed by atoms with Crippen molar-refractivity contribution in [2.24, 2.45) is 5.16 Å². The summed E-state index contributed by atoms with van der Waals surface area (Å²) in [7, 11) is 0. The van der Waals surface area contributed by atoms with E-state index in [1.165, 1.54) is 6.07 Å². The summed E-state index contributed by atoms with van der Waals surface area (Å²) in [5.74, 6) is 0.265. The number of aromatic amines is 1. The van der Waals surface area contributed by atoms with Gasteiger partial charge in [-0.2, -0.15) is 10.2 Å². The van der Waals surface area contributed by atoms with Crippen LogP contribution in [0.15, 0.2) is 60.0 Å². The molecule has 0 saturated carbocycles. The first kappa shape index (κ1) is 19.4. The fraction of sp³-hybridized carbons (Fsp3) is 0.174. The molecule has 10 heteroatoms. The minimum absolute atomic E-state index is 0.234. The number of H-pyrrole nitrogens is 1. The first-order chi connectivity index (χ1) is 16.2. The zero-order chi connectivity index (χ0) is 22.4. The number of nitrogens with zero attached hydrogens (tertiary/aromatic N) is 6. The Kier molecular flexibility index (Phi) is 4.49. The molecule has 33 heavy (non-hydrogen) atoms. The van der Waals surface area contributed by atoms with Crippen molar-refractivity contribution in [3.8, 4) is 0 Å². The minimum atomic E-state index is -0.402. The Bertz CT molecular complexity index is 1520. The Morgan fingerprint density at radius 1 is 1.18 bits per heavy atom. The molecule has 1 aromatic carbocycles. The van der Waals surface area contributed by atoms with E-state index in [-0.39, 0.29) is 11.8 Å². The van der Waals surface area contributed by atoms with Gasteiger partial charge in [-0.1, -0.05) is 5.16 Å². The molecule has 0 bridgehead atoms. The van der Waals surface area contributed by atoms with Crippen LogP contribution >= 0.6 is 0 Å². The molecule has 5 aromatic rings. The van der Waals surface area contributed by atoms with Gasteiger partial charge in [0, 0.05) is 29.9 Å². The average molecular weight is 442 g/mol. The third kappa shape index (κ3) is 3.45. The lowest BCUT2D eigenvalue weighted by atomic mass is 10.1. The lowest BCUT2D eigenvalue weighted by molar-refractivity contribution is 0.0707. The van der Waals surface area contributed by atoms with Crippen LogP contribution in [0.4, 0.5) is 15.9 Å². The maximum Gasteiger partial charge on any atom is 0.178 e. The number of aryl methyl sites for hydroxylation is 1. The fourth-order valence-corrected chi connectivity index (χ4v) is 4.09. The van der Waals surface area contributed by atoms with E-state index in [1.807, 2.05) is 41.9 Å². The summed E-state index contributed by atoms with van der Waals surface area (Å²) >= 11 is 0. The van der Waals surface area contributed by atoms with E-state index in [2.05, 4.69) is 30.6 Å². The molecule has 0 aliphatic carbocycles. The highest BCUT2D eigenvalue weighted by Gasteiger charge is 2.26. The second-order valence-electron chi connectivity index (χ2n) is 7.90. The van der Waals surface area contributed by atoms with Crippen LogP contribution in [0.2, 0.25) is 0 Å². The first-order valence-electron chi connectivity index (χ1n) is 10.5. The van der Waals surface area contributed by atoms with Gasteiger partial charge >= 0.3 is 0 Å². The minimum Gasteiger partial charge on any atom is -0.390 e. The molecule has 5 heterocycles. The van der Waals surface area contributed by atoms with Gasteiger partial charge in [0.05, 0.1) is 23.3 Å². The van der Waals surface area contributed by atoms with Crippen molar-refractivity contribution in [1.29, 1.82) is 0 Å². The van der Waals surface area contributed by atoms with Crippen LogP contribution in [0.25, 0.3) is 21.9 Å². The number of rotatable bonds is 5.